The van der Waals surface area contributed by atoms with Crippen molar-refractivity contribution >= 4 is 5.91 Å². The van der Waals surface area contributed by atoms with Gasteiger partial charge in [0.1, 0.15) is 0 Å². The van der Waals surface area contributed by atoms with E-state index in [1.54, 1.807) is 4.90 Å². The van der Waals surface area contributed by atoms with Gasteiger partial charge in [-0.2, -0.15) is 5.26 Å². The van der Waals surface area contributed by atoms with Crippen molar-refractivity contribution in [2.45, 2.75) is 18.9 Å². The number of nitrogens with zero attached hydrogens (tertiary/aromatic N) is 2. The normalized spacial score (nSPS) is 23.8. The van der Waals surface area contributed by atoms with Gasteiger partial charge in [0.25, 0.3) is 0 Å². The standard InChI is InChI=1S/C7H11N3O/c8-2-1-3-10-5-6(9)4-7(10)11/h6H,1,3-5,9H2. The first-order valence-corrected chi connectivity index (χ1v) is 3.64. The first-order chi connectivity index (χ1) is 5.24. The quantitative estimate of drug-likeness (QED) is 0.579. The molecule has 0 aromatic rings. The van der Waals surface area contributed by atoms with Crippen LogP contribution in [0.5, 0.6) is 0 Å². The molecule has 2 N–H and O–H groups in total. The van der Waals surface area contributed by atoms with E-state index in [0.717, 1.165) is 0 Å². The molecule has 0 radical (unpaired) electrons. The lowest BCUT2D eigenvalue weighted by Gasteiger charge is -2.12. The molecule has 0 aromatic heterocycles. The van der Waals surface area contributed by atoms with Crippen molar-refractivity contribution in [2.24, 2.45) is 5.73 Å². The highest BCUT2D eigenvalue weighted by atomic mass is 16.2. The van der Waals surface area contributed by atoms with Gasteiger partial charge in [-0.1, -0.05) is 0 Å². The predicted molar refractivity (Wildman–Crippen MR) is 39.4 cm³/mol. The van der Waals surface area contributed by atoms with Crippen LogP contribution in [0.4, 0.5) is 0 Å². The third kappa shape index (κ3) is 1.92. The van der Waals surface area contributed by atoms with Crippen LogP contribution in [0, 0.1) is 11.3 Å². The van der Waals surface area contributed by atoms with Gasteiger partial charge in [-0.3, -0.25) is 4.79 Å². The maximum absolute atomic E-state index is 11.0. The van der Waals surface area contributed by atoms with E-state index in [1.165, 1.54) is 0 Å². The van der Waals surface area contributed by atoms with Crippen LogP contribution >= 0.6 is 0 Å². The lowest BCUT2D eigenvalue weighted by molar-refractivity contribution is -0.127. The molecule has 1 aliphatic rings. The minimum atomic E-state index is -0.0267. The lowest BCUT2D eigenvalue weighted by Crippen LogP contribution is -2.28. The van der Waals surface area contributed by atoms with Gasteiger partial charge in [-0.05, 0) is 0 Å². The topological polar surface area (TPSA) is 70.1 Å². The van der Waals surface area contributed by atoms with Gasteiger partial charge in [-0.15, -0.1) is 0 Å². The second kappa shape index (κ2) is 3.35. The third-order valence-corrected chi connectivity index (χ3v) is 1.74. The number of rotatable bonds is 2. The molecular weight excluding hydrogens is 142 g/mol. The van der Waals surface area contributed by atoms with E-state index < -0.39 is 0 Å². The molecule has 0 saturated carbocycles. The second-order valence-corrected chi connectivity index (χ2v) is 2.71. The Labute approximate surface area is 65.6 Å². The summed E-state index contributed by atoms with van der Waals surface area (Å²) < 4.78 is 0. The van der Waals surface area contributed by atoms with Gasteiger partial charge in [0, 0.05) is 25.6 Å². The smallest absolute Gasteiger partial charge is 0.224 e. The third-order valence-electron chi connectivity index (χ3n) is 1.74. The number of hydrogen-bond donors (Lipinski definition) is 1. The summed E-state index contributed by atoms with van der Waals surface area (Å²) >= 11 is 0. The highest BCUT2D eigenvalue weighted by Gasteiger charge is 2.25. The van der Waals surface area contributed by atoms with Crippen molar-refractivity contribution in [1.29, 1.82) is 5.26 Å². The van der Waals surface area contributed by atoms with Crippen LogP contribution in [-0.4, -0.2) is 29.9 Å². The average Bonchev–Trinajstić information content (AvgIpc) is 2.26. The minimum Gasteiger partial charge on any atom is -0.340 e. The molecule has 1 atom stereocenters. The van der Waals surface area contributed by atoms with Gasteiger partial charge in [-0.25, -0.2) is 0 Å². The molecule has 0 spiro atoms. The predicted octanol–water partition coefficient (Wildman–Crippen LogP) is -0.540. The zero-order chi connectivity index (χ0) is 8.27. The van der Waals surface area contributed by atoms with Crippen molar-refractivity contribution in [3.63, 3.8) is 0 Å². The Hall–Kier alpha value is -1.08. The maximum Gasteiger partial charge on any atom is 0.224 e. The zero-order valence-corrected chi connectivity index (χ0v) is 6.29. The van der Waals surface area contributed by atoms with Crippen LogP contribution in [0.15, 0.2) is 0 Å². The molecule has 1 aliphatic heterocycles. The summed E-state index contributed by atoms with van der Waals surface area (Å²) in [7, 11) is 0. The highest BCUT2D eigenvalue weighted by Crippen LogP contribution is 2.08. The first kappa shape index (κ1) is 8.02. The molecule has 1 saturated heterocycles. The molecule has 4 heteroatoms. The molecular formula is C7H11N3O. The Morgan fingerprint density at radius 1 is 1.82 bits per heavy atom. The molecule has 4 nitrogen and oxygen atoms in total. The summed E-state index contributed by atoms with van der Waals surface area (Å²) in [5.74, 6) is 0.0766. The van der Waals surface area contributed by atoms with Gasteiger partial charge in [0.15, 0.2) is 0 Å². The van der Waals surface area contributed by atoms with Crippen LogP contribution < -0.4 is 5.73 Å². The SMILES string of the molecule is N#CCCN1CC(N)CC1=O. The molecule has 1 unspecified atom stereocenters. The fraction of sp³-hybridized carbons (Fsp3) is 0.714. The minimum absolute atomic E-state index is 0.0267. The van der Waals surface area contributed by atoms with Crippen molar-refractivity contribution in [3.05, 3.63) is 0 Å². The lowest BCUT2D eigenvalue weighted by atomic mass is 10.3. The van der Waals surface area contributed by atoms with Gasteiger partial charge in [0.2, 0.25) is 5.91 Å². The van der Waals surface area contributed by atoms with E-state index >= 15 is 0 Å². The van der Waals surface area contributed by atoms with E-state index in [9.17, 15) is 4.79 Å². The summed E-state index contributed by atoms with van der Waals surface area (Å²) in [4.78, 5) is 12.7. The fourth-order valence-electron chi connectivity index (χ4n) is 1.20. The van der Waals surface area contributed by atoms with E-state index in [-0.39, 0.29) is 11.9 Å². The second-order valence-electron chi connectivity index (χ2n) is 2.71. The van der Waals surface area contributed by atoms with Crippen molar-refractivity contribution < 1.29 is 4.79 Å². The Bertz CT molecular complexity index is 196. The number of likely N-dealkylation sites (tertiary alicyclic amines) is 1. The summed E-state index contributed by atoms with van der Waals surface area (Å²) in [6.45, 7) is 1.14. The van der Waals surface area contributed by atoms with Crippen LogP contribution in [0.2, 0.25) is 0 Å². The molecule has 0 aromatic carbocycles. The van der Waals surface area contributed by atoms with Crippen LogP contribution in [-0.2, 0) is 4.79 Å². The average molecular weight is 153 g/mol. The number of carbonyl (C=O) groups is 1. The molecule has 1 heterocycles. The fourth-order valence-corrected chi connectivity index (χ4v) is 1.20. The molecule has 60 valence electrons. The Kier molecular flexibility index (Phi) is 2.44. The Morgan fingerprint density at radius 3 is 3.00 bits per heavy atom. The Morgan fingerprint density at radius 2 is 2.55 bits per heavy atom. The molecule has 0 bridgehead atoms. The molecule has 1 rings (SSSR count). The van der Waals surface area contributed by atoms with Crippen LogP contribution in [0.3, 0.4) is 0 Å². The summed E-state index contributed by atoms with van der Waals surface area (Å²) in [6, 6.07) is 1.97. The van der Waals surface area contributed by atoms with Crippen molar-refractivity contribution in [3.8, 4) is 6.07 Å². The molecule has 0 aliphatic carbocycles. The van der Waals surface area contributed by atoms with E-state index in [0.29, 0.717) is 25.9 Å². The number of carbonyl (C=O) groups excluding carboxylic acids is 1. The van der Waals surface area contributed by atoms with Crippen LogP contribution in [0.25, 0.3) is 0 Å². The van der Waals surface area contributed by atoms with Gasteiger partial charge >= 0.3 is 0 Å². The largest absolute Gasteiger partial charge is 0.340 e. The number of nitrogens with two attached hydrogens (primary N) is 1. The summed E-state index contributed by atoms with van der Waals surface area (Å²) in [5.41, 5.74) is 5.54. The summed E-state index contributed by atoms with van der Waals surface area (Å²) in [6.07, 6.45) is 0.837. The van der Waals surface area contributed by atoms with E-state index in [1.807, 2.05) is 6.07 Å². The number of nitriles is 1. The maximum atomic E-state index is 11.0. The zero-order valence-electron chi connectivity index (χ0n) is 6.29. The highest BCUT2D eigenvalue weighted by molar-refractivity contribution is 5.79. The van der Waals surface area contributed by atoms with Gasteiger partial charge in [0.05, 0.1) is 12.5 Å². The van der Waals surface area contributed by atoms with Gasteiger partial charge < -0.3 is 10.6 Å². The number of amides is 1. The van der Waals surface area contributed by atoms with E-state index in [4.69, 9.17) is 11.0 Å². The molecule has 1 amide bonds. The monoisotopic (exact) mass is 153 g/mol. The first-order valence-electron chi connectivity index (χ1n) is 3.64. The van der Waals surface area contributed by atoms with E-state index in [2.05, 4.69) is 0 Å². The van der Waals surface area contributed by atoms with Crippen molar-refractivity contribution in [1.82, 2.24) is 4.90 Å². The Balaban J connectivity index is 2.36. The van der Waals surface area contributed by atoms with Crippen molar-refractivity contribution in [2.75, 3.05) is 13.1 Å². The number of hydrogen-bond acceptors (Lipinski definition) is 3. The molecule has 11 heavy (non-hydrogen) atoms. The molecule has 1 fully saturated rings. The van der Waals surface area contributed by atoms with Crippen LogP contribution in [0.1, 0.15) is 12.8 Å². The summed E-state index contributed by atoms with van der Waals surface area (Å²) in [5, 5.41) is 8.26.